The number of ether oxygens (including phenoxy) is 5. The number of methoxy groups -OCH3 is 1. The Morgan fingerprint density at radius 2 is 1.90 bits per heavy atom. The number of urea groups is 1. The highest BCUT2D eigenvalue weighted by atomic mass is 79.9. The van der Waals surface area contributed by atoms with E-state index >= 15 is 0 Å². The largest absolute Gasteiger partial charge is 0.493 e. The zero-order chi connectivity index (χ0) is 30.6. The van der Waals surface area contributed by atoms with Crippen molar-refractivity contribution < 1.29 is 38.1 Å². The van der Waals surface area contributed by atoms with Crippen LogP contribution in [0.2, 0.25) is 0 Å². The molecule has 42 heavy (non-hydrogen) atoms. The van der Waals surface area contributed by atoms with Crippen LogP contribution in [0.25, 0.3) is 0 Å². The molecule has 0 bridgehead atoms. The van der Waals surface area contributed by atoms with Gasteiger partial charge in [-0.25, -0.2) is 15.0 Å². The van der Waals surface area contributed by atoms with Crippen LogP contribution in [0, 0.1) is 12.3 Å². The van der Waals surface area contributed by atoms with E-state index in [1.807, 2.05) is 6.92 Å². The molecule has 0 saturated carbocycles. The van der Waals surface area contributed by atoms with E-state index in [0.29, 0.717) is 39.4 Å². The molecule has 0 unspecified atom stereocenters. The highest BCUT2D eigenvalue weighted by molar-refractivity contribution is 9.10. The number of hydrogen-bond acceptors (Lipinski definition) is 9. The van der Waals surface area contributed by atoms with Gasteiger partial charge in [-0.3, -0.25) is 4.79 Å². The molecule has 1 aliphatic rings. The van der Waals surface area contributed by atoms with Crippen LogP contribution in [-0.4, -0.2) is 57.7 Å². The van der Waals surface area contributed by atoms with Crippen molar-refractivity contribution in [3.8, 4) is 35.3 Å². The Balaban J connectivity index is 1.68. The molecule has 0 fully saturated rings. The first-order valence-corrected chi connectivity index (χ1v) is 13.6. The minimum atomic E-state index is -0.778. The predicted molar refractivity (Wildman–Crippen MR) is 158 cm³/mol. The number of terminal acetylenes is 1. The highest BCUT2D eigenvalue weighted by Gasteiger charge is 2.32. The maximum absolute atomic E-state index is 12.6. The lowest BCUT2D eigenvalue weighted by Crippen LogP contribution is -2.45. The molecule has 12 nitrogen and oxygen atoms in total. The Hall–Kier alpha value is -4.70. The van der Waals surface area contributed by atoms with E-state index in [1.165, 1.54) is 13.3 Å². The van der Waals surface area contributed by atoms with E-state index in [2.05, 4.69) is 43.0 Å². The first kappa shape index (κ1) is 31.8. The molecular formula is C29H31BrN4O8. The van der Waals surface area contributed by atoms with Gasteiger partial charge in [0.05, 0.1) is 42.6 Å². The van der Waals surface area contributed by atoms with Gasteiger partial charge >= 0.3 is 12.0 Å². The third-order valence-corrected chi connectivity index (χ3v) is 6.27. The molecular weight excluding hydrogens is 612 g/mol. The second-order valence-electron chi connectivity index (χ2n) is 8.54. The van der Waals surface area contributed by atoms with Gasteiger partial charge < -0.3 is 34.3 Å². The summed E-state index contributed by atoms with van der Waals surface area (Å²) in [4.78, 5) is 37.1. The third-order valence-electron chi connectivity index (χ3n) is 5.68. The van der Waals surface area contributed by atoms with Gasteiger partial charge in [0.25, 0.3) is 5.91 Å². The van der Waals surface area contributed by atoms with Crippen LogP contribution in [0.4, 0.5) is 4.79 Å². The zero-order valence-electron chi connectivity index (χ0n) is 23.5. The molecule has 3 rings (SSSR count). The normalized spacial score (nSPS) is 14.4. The van der Waals surface area contributed by atoms with E-state index in [-0.39, 0.29) is 36.9 Å². The van der Waals surface area contributed by atoms with Crippen LogP contribution in [0.15, 0.2) is 51.2 Å². The fourth-order valence-corrected chi connectivity index (χ4v) is 4.51. The Labute approximate surface area is 251 Å². The molecule has 1 aliphatic heterocycles. The summed E-state index contributed by atoms with van der Waals surface area (Å²) >= 11 is 3.43. The van der Waals surface area contributed by atoms with Crippen LogP contribution in [0.1, 0.15) is 37.9 Å². The van der Waals surface area contributed by atoms with Crippen molar-refractivity contribution in [3.63, 3.8) is 0 Å². The van der Waals surface area contributed by atoms with Crippen molar-refractivity contribution in [2.24, 2.45) is 5.10 Å². The molecule has 0 aromatic heterocycles. The summed E-state index contributed by atoms with van der Waals surface area (Å²) in [5.41, 5.74) is 4.23. The maximum Gasteiger partial charge on any atom is 0.338 e. The third kappa shape index (κ3) is 8.17. The van der Waals surface area contributed by atoms with Crippen molar-refractivity contribution in [2.75, 3.05) is 33.5 Å². The number of halogens is 1. The van der Waals surface area contributed by atoms with Gasteiger partial charge in [0, 0.05) is 5.70 Å². The van der Waals surface area contributed by atoms with Crippen molar-refractivity contribution in [3.05, 3.63) is 57.2 Å². The van der Waals surface area contributed by atoms with E-state index in [9.17, 15) is 14.4 Å². The summed E-state index contributed by atoms with van der Waals surface area (Å²) in [5.74, 6) is 2.82. The summed E-state index contributed by atoms with van der Waals surface area (Å²) in [6.45, 7) is 5.46. The van der Waals surface area contributed by atoms with Crippen LogP contribution in [0.5, 0.6) is 23.0 Å². The molecule has 0 radical (unpaired) electrons. The summed E-state index contributed by atoms with van der Waals surface area (Å²) in [5, 5.41) is 9.29. The Bertz CT molecular complexity index is 1430. The first-order valence-electron chi connectivity index (χ1n) is 12.8. The van der Waals surface area contributed by atoms with Crippen LogP contribution >= 0.6 is 15.9 Å². The Morgan fingerprint density at radius 1 is 1.12 bits per heavy atom. The van der Waals surface area contributed by atoms with Crippen molar-refractivity contribution in [1.29, 1.82) is 0 Å². The molecule has 13 heteroatoms. The highest BCUT2D eigenvalue weighted by Crippen LogP contribution is 2.37. The Morgan fingerprint density at radius 3 is 2.60 bits per heavy atom. The fraction of sp³-hybridized carbons (Fsp3) is 0.310. The number of rotatable bonds is 13. The standard InChI is InChI=1S/C29H31BrN4O8/c1-6-11-41-27-20(30)12-18(13-23(27)39-7-2)15-31-34-24(35)16-42-21-10-9-19(14-22(21)38-5)26-25(28(36)40-8-3)17(4)32-29(37)33-26/h1,9-10,12-15,26H,7-8,11,16H2,2-5H3,(H,34,35)(H2,32,33,37)/b31-15-/t26-/m0/s1. The smallest absolute Gasteiger partial charge is 0.338 e. The monoisotopic (exact) mass is 642 g/mol. The van der Waals surface area contributed by atoms with Crippen molar-refractivity contribution in [2.45, 2.75) is 26.8 Å². The number of amides is 3. The first-order chi connectivity index (χ1) is 20.2. The number of nitrogens with zero attached hydrogens (tertiary/aromatic N) is 1. The number of hydrogen-bond donors (Lipinski definition) is 3. The van der Waals surface area contributed by atoms with Crippen LogP contribution in [0.3, 0.4) is 0 Å². The molecule has 0 spiro atoms. The van der Waals surface area contributed by atoms with Crippen LogP contribution in [-0.2, 0) is 14.3 Å². The molecule has 222 valence electrons. The fourth-order valence-electron chi connectivity index (χ4n) is 3.94. The van der Waals surface area contributed by atoms with E-state index < -0.39 is 23.9 Å². The maximum atomic E-state index is 12.6. The molecule has 2 aromatic rings. The van der Waals surface area contributed by atoms with Crippen molar-refractivity contribution in [1.82, 2.24) is 16.1 Å². The van der Waals surface area contributed by atoms with E-state index in [1.54, 1.807) is 44.2 Å². The lowest BCUT2D eigenvalue weighted by molar-refractivity contribution is -0.139. The molecule has 1 heterocycles. The lowest BCUT2D eigenvalue weighted by atomic mass is 9.95. The van der Waals surface area contributed by atoms with Crippen molar-refractivity contribution >= 4 is 40.1 Å². The molecule has 2 aromatic carbocycles. The quantitative estimate of drug-likeness (QED) is 0.130. The van der Waals surface area contributed by atoms with Gasteiger partial charge in [-0.05, 0) is 72.1 Å². The van der Waals surface area contributed by atoms with Gasteiger partial charge in [0.2, 0.25) is 0 Å². The average molecular weight is 643 g/mol. The number of hydrazone groups is 1. The Kier molecular flexibility index (Phi) is 11.6. The second-order valence-corrected chi connectivity index (χ2v) is 9.39. The van der Waals surface area contributed by atoms with E-state index in [0.717, 1.165) is 0 Å². The van der Waals surface area contributed by atoms with Gasteiger partial charge in [0.15, 0.2) is 29.6 Å². The van der Waals surface area contributed by atoms with Gasteiger partial charge in [-0.15, -0.1) is 6.42 Å². The number of allylic oxidation sites excluding steroid dienone is 1. The number of benzene rings is 2. The summed E-state index contributed by atoms with van der Waals surface area (Å²) in [7, 11) is 1.43. The summed E-state index contributed by atoms with van der Waals surface area (Å²) in [6.07, 6.45) is 6.72. The number of esters is 1. The van der Waals surface area contributed by atoms with Gasteiger partial charge in [-0.1, -0.05) is 12.0 Å². The average Bonchev–Trinajstić information content (AvgIpc) is 2.95. The molecule has 0 saturated heterocycles. The van der Waals surface area contributed by atoms with E-state index in [4.69, 9.17) is 30.1 Å². The number of carbonyl (C=O) groups excluding carboxylic acids is 3. The molecule has 1 atom stereocenters. The molecule has 0 aliphatic carbocycles. The van der Waals surface area contributed by atoms with Crippen LogP contribution < -0.4 is 35.0 Å². The SMILES string of the molecule is C#CCOc1c(Br)cc(/C=N\NC(=O)COc2ccc([C@@H]3NC(=O)NC(C)=C3C(=O)OCC)cc2OC)cc1OCC. The minimum Gasteiger partial charge on any atom is -0.493 e. The van der Waals surface area contributed by atoms with Gasteiger partial charge in [-0.2, -0.15) is 5.10 Å². The topological polar surface area (TPSA) is 146 Å². The predicted octanol–water partition coefficient (Wildman–Crippen LogP) is 3.59. The zero-order valence-corrected chi connectivity index (χ0v) is 25.1. The lowest BCUT2D eigenvalue weighted by Gasteiger charge is -2.28. The number of nitrogens with one attached hydrogen (secondary N) is 3. The summed E-state index contributed by atoms with van der Waals surface area (Å²) in [6, 6.07) is 7.04. The summed E-state index contributed by atoms with van der Waals surface area (Å²) < 4.78 is 28.0. The second kappa shape index (κ2) is 15.3. The number of carbonyl (C=O) groups is 3. The molecule has 3 amide bonds. The van der Waals surface area contributed by atoms with Gasteiger partial charge in [0.1, 0.15) is 6.61 Å². The molecule has 3 N–H and O–H groups in total. The minimum absolute atomic E-state index is 0.0790.